The zero-order valence-corrected chi connectivity index (χ0v) is 14.5. The molecular weight excluding hydrogens is 256 g/mol. The standard InChI is InChI=1S/C16H34O4/c1-11(2)15(7)19-17-13(5)9-10-14(6)18-20-16(8)12(3)4/h11-16H,9-10H2,1-8H3. The van der Waals surface area contributed by atoms with Gasteiger partial charge in [-0.05, 0) is 52.4 Å². The molecule has 0 fully saturated rings. The van der Waals surface area contributed by atoms with Gasteiger partial charge in [0.2, 0.25) is 0 Å². The van der Waals surface area contributed by atoms with Gasteiger partial charge in [0.05, 0.1) is 24.4 Å². The van der Waals surface area contributed by atoms with E-state index < -0.39 is 0 Å². The van der Waals surface area contributed by atoms with Crippen LogP contribution >= 0.6 is 0 Å². The van der Waals surface area contributed by atoms with Gasteiger partial charge in [-0.15, -0.1) is 0 Å². The second kappa shape index (κ2) is 10.6. The van der Waals surface area contributed by atoms with Gasteiger partial charge >= 0.3 is 0 Å². The predicted molar refractivity (Wildman–Crippen MR) is 81.1 cm³/mol. The van der Waals surface area contributed by atoms with Gasteiger partial charge in [0.15, 0.2) is 0 Å². The summed E-state index contributed by atoms with van der Waals surface area (Å²) < 4.78 is 0. The highest BCUT2D eigenvalue weighted by Crippen LogP contribution is 2.13. The smallest absolute Gasteiger partial charge is 0.0924 e. The maximum Gasteiger partial charge on any atom is 0.0924 e. The first-order valence-corrected chi connectivity index (χ1v) is 7.88. The summed E-state index contributed by atoms with van der Waals surface area (Å²) in [5.41, 5.74) is 0. The first-order valence-electron chi connectivity index (χ1n) is 7.88. The Labute approximate surface area is 125 Å². The van der Waals surface area contributed by atoms with Gasteiger partial charge in [-0.25, -0.2) is 19.6 Å². The molecule has 0 aromatic heterocycles. The molecule has 0 bridgehead atoms. The maximum atomic E-state index is 5.38. The van der Waals surface area contributed by atoms with E-state index in [-0.39, 0.29) is 24.4 Å². The number of hydrogen-bond donors (Lipinski definition) is 0. The van der Waals surface area contributed by atoms with Gasteiger partial charge in [-0.3, -0.25) is 0 Å². The third kappa shape index (κ3) is 9.70. The van der Waals surface area contributed by atoms with E-state index >= 15 is 0 Å². The predicted octanol–water partition coefficient (Wildman–Crippen LogP) is 4.53. The van der Waals surface area contributed by atoms with E-state index in [9.17, 15) is 0 Å². The Balaban J connectivity index is 3.70. The van der Waals surface area contributed by atoms with Crippen LogP contribution in [0.3, 0.4) is 0 Å². The van der Waals surface area contributed by atoms with Gasteiger partial charge in [-0.1, -0.05) is 27.7 Å². The van der Waals surface area contributed by atoms with Crippen LogP contribution in [0.5, 0.6) is 0 Å². The van der Waals surface area contributed by atoms with Crippen LogP contribution in [-0.2, 0) is 19.6 Å². The van der Waals surface area contributed by atoms with Crippen molar-refractivity contribution in [3.05, 3.63) is 0 Å². The Morgan fingerprint density at radius 3 is 1.05 bits per heavy atom. The van der Waals surface area contributed by atoms with Crippen LogP contribution in [-0.4, -0.2) is 24.4 Å². The minimum Gasteiger partial charge on any atom is -0.233 e. The van der Waals surface area contributed by atoms with Gasteiger partial charge in [0, 0.05) is 0 Å². The van der Waals surface area contributed by atoms with Crippen LogP contribution < -0.4 is 0 Å². The van der Waals surface area contributed by atoms with Gasteiger partial charge in [-0.2, -0.15) is 0 Å². The lowest BCUT2D eigenvalue weighted by atomic mass is 10.1. The largest absolute Gasteiger partial charge is 0.233 e. The molecule has 0 aromatic rings. The molecule has 0 aliphatic carbocycles. The van der Waals surface area contributed by atoms with Crippen molar-refractivity contribution < 1.29 is 19.6 Å². The Bertz CT molecular complexity index is 207. The zero-order valence-electron chi connectivity index (χ0n) is 14.5. The van der Waals surface area contributed by atoms with Crippen molar-refractivity contribution >= 4 is 0 Å². The molecule has 0 rings (SSSR count). The third-order valence-electron chi connectivity index (χ3n) is 3.60. The van der Waals surface area contributed by atoms with E-state index in [0.717, 1.165) is 12.8 Å². The fraction of sp³-hybridized carbons (Fsp3) is 1.00. The lowest BCUT2D eigenvalue weighted by Gasteiger charge is -2.21. The molecule has 0 aliphatic rings. The van der Waals surface area contributed by atoms with Crippen LogP contribution in [0.2, 0.25) is 0 Å². The highest BCUT2D eigenvalue weighted by molar-refractivity contribution is 4.56. The Hall–Kier alpha value is -0.160. The normalized spacial score (nSPS) is 18.3. The summed E-state index contributed by atoms with van der Waals surface area (Å²) in [5, 5.41) is 0. The SMILES string of the molecule is CC(CCC(C)OOC(C)C(C)C)OOC(C)C(C)C. The molecule has 0 aromatic carbocycles. The molecule has 4 nitrogen and oxygen atoms in total. The van der Waals surface area contributed by atoms with Gasteiger partial charge in [0.25, 0.3) is 0 Å². The van der Waals surface area contributed by atoms with E-state index in [2.05, 4.69) is 27.7 Å². The first-order chi connectivity index (χ1) is 9.23. The molecule has 0 N–H and O–H groups in total. The van der Waals surface area contributed by atoms with Crippen molar-refractivity contribution in [1.82, 2.24) is 0 Å². The van der Waals surface area contributed by atoms with E-state index in [1.54, 1.807) is 0 Å². The van der Waals surface area contributed by atoms with Crippen molar-refractivity contribution in [1.29, 1.82) is 0 Å². The van der Waals surface area contributed by atoms with E-state index in [1.807, 2.05) is 27.7 Å². The average molecular weight is 290 g/mol. The minimum absolute atomic E-state index is 0.0600. The molecule has 0 heterocycles. The molecule has 0 saturated carbocycles. The summed E-state index contributed by atoms with van der Waals surface area (Å²) in [7, 11) is 0. The third-order valence-corrected chi connectivity index (χ3v) is 3.60. The molecule has 0 saturated heterocycles. The molecule has 4 heteroatoms. The summed E-state index contributed by atoms with van der Waals surface area (Å²) in [5.74, 6) is 0.908. The van der Waals surface area contributed by atoms with Crippen LogP contribution in [0.4, 0.5) is 0 Å². The van der Waals surface area contributed by atoms with Gasteiger partial charge in [0.1, 0.15) is 0 Å². The molecule has 0 radical (unpaired) electrons. The highest BCUT2D eigenvalue weighted by atomic mass is 17.2. The molecule has 0 amide bonds. The number of rotatable bonds is 11. The molecule has 4 unspecified atom stereocenters. The van der Waals surface area contributed by atoms with Crippen LogP contribution in [0.25, 0.3) is 0 Å². The second-order valence-corrected chi connectivity index (χ2v) is 6.48. The van der Waals surface area contributed by atoms with Crippen molar-refractivity contribution in [2.24, 2.45) is 11.8 Å². The van der Waals surface area contributed by atoms with Crippen LogP contribution in [0.15, 0.2) is 0 Å². The van der Waals surface area contributed by atoms with Crippen molar-refractivity contribution in [3.63, 3.8) is 0 Å². The number of hydrogen-bond acceptors (Lipinski definition) is 4. The lowest BCUT2D eigenvalue weighted by molar-refractivity contribution is -0.361. The summed E-state index contributed by atoms with van der Waals surface area (Å²) in [6, 6.07) is 0. The fourth-order valence-electron chi connectivity index (χ4n) is 1.15. The molecule has 0 aliphatic heterocycles. The molecule has 122 valence electrons. The summed E-state index contributed by atoms with van der Waals surface area (Å²) in [6.45, 7) is 16.5. The Morgan fingerprint density at radius 2 is 0.800 bits per heavy atom. The highest BCUT2D eigenvalue weighted by Gasteiger charge is 2.14. The molecule has 0 spiro atoms. The van der Waals surface area contributed by atoms with E-state index in [0.29, 0.717) is 11.8 Å². The summed E-state index contributed by atoms with van der Waals surface area (Å²) in [6.07, 6.45) is 2.11. The monoisotopic (exact) mass is 290 g/mol. The Morgan fingerprint density at radius 1 is 0.500 bits per heavy atom. The van der Waals surface area contributed by atoms with E-state index in [4.69, 9.17) is 19.6 Å². The van der Waals surface area contributed by atoms with Crippen molar-refractivity contribution in [3.8, 4) is 0 Å². The van der Waals surface area contributed by atoms with Gasteiger partial charge < -0.3 is 0 Å². The molecule has 20 heavy (non-hydrogen) atoms. The quantitative estimate of drug-likeness (QED) is 0.414. The summed E-state index contributed by atoms with van der Waals surface area (Å²) >= 11 is 0. The lowest BCUT2D eigenvalue weighted by Crippen LogP contribution is -2.22. The van der Waals surface area contributed by atoms with Crippen molar-refractivity contribution in [2.45, 2.75) is 92.6 Å². The average Bonchev–Trinajstić information content (AvgIpc) is 2.39. The van der Waals surface area contributed by atoms with E-state index in [1.165, 1.54) is 0 Å². The minimum atomic E-state index is 0.0600. The molecular formula is C16H34O4. The molecule has 4 atom stereocenters. The Kier molecular flexibility index (Phi) is 10.5. The van der Waals surface area contributed by atoms with Crippen molar-refractivity contribution in [2.75, 3.05) is 0 Å². The summed E-state index contributed by atoms with van der Waals surface area (Å²) in [4.78, 5) is 21.5. The zero-order chi connectivity index (χ0) is 15.7. The first kappa shape index (κ1) is 19.8. The maximum absolute atomic E-state index is 5.38. The topological polar surface area (TPSA) is 36.9 Å². The second-order valence-electron chi connectivity index (χ2n) is 6.48. The van der Waals surface area contributed by atoms with Crippen LogP contribution in [0.1, 0.15) is 68.2 Å². The van der Waals surface area contributed by atoms with Crippen LogP contribution in [0, 0.1) is 11.8 Å². The fourth-order valence-corrected chi connectivity index (χ4v) is 1.15.